The lowest BCUT2D eigenvalue weighted by Gasteiger charge is -2.08. The van der Waals surface area contributed by atoms with Gasteiger partial charge in [0, 0.05) is 6.16 Å². The SMILES string of the molecule is CCCCCCCCCCCCCCCCCCP(C)(=O)CO. The Hall–Kier alpha value is 0.190. The van der Waals surface area contributed by atoms with E-state index >= 15 is 0 Å². The molecule has 3 heteroatoms. The molecule has 0 amide bonds. The normalized spacial score (nSPS) is 14.0. The predicted octanol–water partition coefficient (Wildman–Crippen LogP) is 7.19. The second-order valence-electron chi connectivity index (χ2n) is 7.47. The average Bonchev–Trinajstić information content (AvgIpc) is 2.54. The molecular weight excluding hydrogens is 303 g/mol. The third-order valence-corrected chi connectivity index (χ3v) is 6.64. The van der Waals surface area contributed by atoms with Crippen LogP contribution in [0.2, 0.25) is 0 Å². The first-order chi connectivity index (χ1) is 11.1. The topological polar surface area (TPSA) is 37.3 Å². The number of rotatable bonds is 18. The molecule has 0 saturated heterocycles. The van der Waals surface area contributed by atoms with E-state index < -0.39 is 7.14 Å². The van der Waals surface area contributed by atoms with E-state index in [1.165, 1.54) is 96.3 Å². The van der Waals surface area contributed by atoms with Gasteiger partial charge in [0.15, 0.2) is 0 Å². The van der Waals surface area contributed by atoms with Crippen LogP contribution in [-0.2, 0) is 4.57 Å². The first-order valence-corrected chi connectivity index (χ1v) is 12.8. The first kappa shape index (κ1) is 23.2. The zero-order chi connectivity index (χ0) is 17.2. The van der Waals surface area contributed by atoms with Crippen LogP contribution in [0.4, 0.5) is 0 Å². The number of aliphatic hydroxyl groups is 1. The second kappa shape index (κ2) is 17.0. The molecule has 1 atom stereocenters. The maximum absolute atomic E-state index is 11.7. The van der Waals surface area contributed by atoms with Crippen LogP contribution in [0.25, 0.3) is 0 Å². The molecule has 2 nitrogen and oxygen atoms in total. The molecule has 1 unspecified atom stereocenters. The van der Waals surface area contributed by atoms with E-state index in [0.29, 0.717) is 0 Å². The Morgan fingerprint density at radius 1 is 0.609 bits per heavy atom. The minimum absolute atomic E-state index is 0.119. The minimum atomic E-state index is -2.21. The van der Waals surface area contributed by atoms with Gasteiger partial charge in [0.25, 0.3) is 0 Å². The monoisotopic (exact) mass is 346 g/mol. The first-order valence-electron chi connectivity index (χ1n) is 10.3. The fourth-order valence-corrected chi connectivity index (χ4v) is 4.10. The Morgan fingerprint density at radius 3 is 1.22 bits per heavy atom. The standard InChI is InChI=1S/C20H43O2P/c1-3-4-5-6-7-8-9-10-11-12-13-14-15-16-17-18-19-23(2,22)20-21/h21H,3-20H2,1-2H3. The van der Waals surface area contributed by atoms with Crippen molar-refractivity contribution in [3.63, 3.8) is 0 Å². The van der Waals surface area contributed by atoms with E-state index in [2.05, 4.69) is 6.92 Å². The van der Waals surface area contributed by atoms with Crippen LogP contribution in [0.5, 0.6) is 0 Å². The fraction of sp³-hybridized carbons (Fsp3) is 1.00. The smallest absolute Gasteiger partial charge is 0.109 e. The molecule has 0 aromatic rings. The van der Waals surface area contributed by atoms with E-state index in [0.717, 1.165) is 12.6 Å². The lowest BCUT2D eigenvalue weighted by Crippen LogP contribution is -1.93. The highest BCUT2D eigenvalue weighted by atomic mass is 31.2. The van der Waals surface area contributed by atoms with Crippen molar-refractivity contribution in [2.45, 2.75) is 110 Å². The Kier molecular flexibility index (Phi) is 17.2. The molecule has 0 radical (unpaired) electrons. The number of hydrogen-bond acceptors (Lipinski definition) is 2. The van der Waals surface area contributed by atoms with Crippen LogP contribution < -0.4 is 0 Å². The van der Waals surface area contributed by atoms with Gasteiger partial charge in [-0.1, -0.05) is 103 Å². The largest absolute Gasteiger partial charge is 0.389 e. The van der Waals surface area contributed by atoms with E-state index in [1.54, 1.807) is 6.66 Å². The Labute approximate surface area is 146 Å². The third-order valence-electron chi connectivity index (χ3n) is 4.78. The van der Waals surface area contributed by atoms with E-state index in [9.17, 15) is 4.57 Å². The summed E-state index contributed by atoms with van der Waals surface area (Å²) in [6, 6.07) is 0. The molecule has 23 heavy (non-hydrogen) atoms. The summed E-state index contributed by atoms with van der Waals surface area (Å²) in [4.78, 5) is 0. The molecule has 0 aliphatic carbocycles. The summed E-state index contributed by atoms with van der Waals surface area (Å²) < 4.78 is 11.7. The van der Waals surface area contributed by atoms with Crippen LogP contribution >= 0.6 is 7.14 Å². The Bertz CT molecular complexity index is 279. The number of unbranched alkanes of at least 4 members (excludes halogenated alkanes) is 15. The molecule has 0 saturated carbocycles. The highest BCUT2D eigenvalue weighted by Gasteiger charge is 2.11. The van der Waals surface area contributed by atoms with E-state index in [4.69, 9.17) is 5.11 Å². The third kappa shape index (κ3) is 18.4. The molecule has 140 valence electrons. The number of aliphatic hydroxyl groups excluding tert-OH is 1. The highest BCUT2D eigenvalue weighted by molar-refractivity contribution is 7.62. The van der Waals surface area contributed by atoms with Gasteiger partial charge in [-0.25, -0.2) is 0 Å². The van der Waals surface area contributed by atoms with Crippen LogP contribution in [0.1, 0.15) is 110 Å². The van der Waals surface area contributed by atoms with Gasteiger partial charge >= 0.3 is 0 Å². The van der Waals surface area contributed by atoms with Gasteiger partial charge in [0.1, 0.15) is 7.14 Å². The van der Waals surface area contributed by atoms with Crippen LogP contribution in [0.3, 0.4) is 0 Å². The van der Waals surface area contributed by atoms with Crippen LogP contribution in [0.15, 0.2) is 0 Å². The van der Waals surface area contributed by atoms with E-state index in [-0.39, 0.29) is 6.35 Å². The summed E-state index contributed by atoms with van der Waals surface area (Å²) in [7, 11) is -2.21. The Morgan fingerprint density at radius 2 is 0.913 bits per heavy atom. The quantitative estimate of drug-likeness (QED) is 0.211. The fourth-order valence-electron chi connectivity index (χ4n) is 3.07. The predicted molar refractivity (Wildman–Crippen MR) is 105 cm³/mol. The summed E-state index contributed by atoms with van der Waals surface area (Å²) in [6.45, 7) is 4.00. The molecule has 0 aliphatic heterocycles. The van der Waals surface area contributed by atoms with Crippen molar-refractivity contribution in [3.8, 4) is 0 Å². The summed E-state index contributed by atoms with van der Waals surface area (Å²) in [6.07, 6.45) is 22.4. The average molecular weight is 347 g/mol. The highest BCUT2D eigenvalue weighted by Crippen LogP contribution is 2.40. The van der Waals surface area contributed by atoms with Gasteiger partial charge in [0.2, 0.25) is 0 Å². The van der Waals surface area contributed by atoms with Crippen LogP contribution in [-0.4, -0.2) is 24.3 Å². The van der Waals surface area contributed by atoms with Gasteiger partial charge in [-0.3, -0.25) is 0 Å². The Balaban J connectivity index is 3.07. The summed E-state index contributed by atoms with van der Waals surface area (Å²) >= 11 is 0. The zero-order valence-corrected chi connectivity index (χ0v) is 16.9. The van der Waals surface area contributed by atoms with Gasteiger partial charge in [0.05, 0.1) is 6.35 Å². The minimum Gasteiger partial charge on any atom is -0.389 e. The lowest BCUT2D eigenvalue weighted by molar-refractivity contribution is 0.358. The molecular formula is C20H43O2P. The lowest BCUT2D eigenvalue weighted by atomic mass is 10.0. The van der Waals surface area contributed by atoms with Crippen molar-refractivity contribution in [3.05, 3.63) is 0 Å². The summed E-state index contributed by atoms with van der Waals surface area (Å²) in [5.74, 6) is 0. The van der Waals surface area contributed by atoms with Crippen molar-refractivity contribution < 1.29 is 9.67 Å². The number of hydrogen-bond donors (Lipinski definition) is 1. The van der Waals surface area contributed by atoms with Crippen LogP contribution in [0, 0.1) is 0 Å². The van der Waals surface area contributed by atoms with Crippen molar-refractivity contribution in [1.29, 1.82) is 0 Å². The molecule has 0 rings (SSSR count). The maximum atomic E-state index is 11.7. The molecule has 0 bridgehead atoms. The maximum Gasteiger partial charge on any atom is 0.109 e. The molecule has 0 aliphatic rings. The van der Waals surface area contributed by atoms with Gasteiger partial charge < -0.3 is 9.67 Å². The van der Waals surface area contributed by atoms with Crippen molar-refractivity contribution in [2.75, 3.05) is 19.2 Å². The van der Waals surface area contributed by atoms with Crippen molar-refractivity contribution >= 4 is 7.14 Å². The van der Waals surface area contributed by atoms with Gasteiger partial charge in [-0.2, -0.15) is 0 Å². The van der Waals surface area contributed by atoms with Gasteiger partial charge in [-0.05, 0) is 13.1 Å². The molecule has 0 aromatic carbocycles. The second-order valence-corrected chi connectivity index (χ2v) is 10.8. The molecule has 0 aromatic heterocycles. The van der Waals surface area contributed by atoms with E-state index in [1.807, 2.05) is 0 Å². The molecule has 0 spiro atoms. The van der Waals surface area contributed by atoms with Gasteiger partial charge in [-0.15, -0.1) is 0 Å². The molecule has 0 fully saturated rings. The summed E-state index contributed by atoms with van der Waals surface area (Å²) in [5.41, 5.74) is 0. The molecule has 0 heterocycles. The summed E-state index contributed by atoms with van der Waals surface area (Å²) in [5, 5.41) is 8.96. The zero-order valence-electron chi connectivity index (χ0n) is 16.0. The van der Waals surface area contributed by atoms with Crippen molar-refractivity contribution in [1.82, 2.24) is 0 Å². The van der Waals surface area contributed by atoms with Crippen molar-refractivity contribution in [2.24, 2.45) is 0 Å². The molecule has 1 N–H and O–H groups in total.